The zero-order valence-corrected chi connectivity index (χ0v) is 10.5. The molecule has 0 spiro atoms. The van der Waals surface area contributed by atoms with E-state index in [1.807, 2.05) is 7.05 Å². The molecule has 0 aromatic heterocycles. The quantitative estimate of drug-likeness (QED) is 0.776. The normalized spacial score (nSPS) is 29.5. The van der Waals surface area contributed by atoms with Gasteiger partial charge in [-0.3, -0.25) is 0 Å². The molecule has 0 saturated carbocycles. The molecule has 2 aliphatic heterocycles. The Balaban J connectivity index is 1.79. The van der Waals surface area contributed by atoms with Crippen LogP contribution in [0.15, 0.2) is 0 Å². The third-order valence-electron chi connectivity index (χ3n) is 3.43. The number of nitrogens with zero attached hydrogens (tertiary/aromatic N) is 1. The molecular weight excluding hydrogens is 220 g/mol. The van der Waals surface area contributed by atoms with Crippen LogP contribution < -0.4 is 5.32 Å². The summed E-state index contributed by atoms with van der Waals surface area (Å²) in [6, 6.07) is 0. The maximum absolute atomic E-state index is 11.6. The van der Waals surface area contributed by atoms with Gasteiger partial charge in [-0.05, 0) is 32.9 Å². The molecule has 2 fully saturated rings. The van der Waals surface area contributed by atoms with Crippen molar-refractivity contribution in [3.05, 3.63) is 0 Å². The van der Waals surface area contributed by atoms with Crippen molar-refractivity contribution in [2.75, 3.05) is 39.9 Å². The van der Waals surface area contributed by atoms with Crippen molar-refractivity contribution in [1.29, 1.82) is 0 Å². The Morgan fingerprint density at radius 2 is 2.41 bits per heavy atom. The minimum atomic E-state index is -0.179. The van der Waals surface area contributed by atoms with Gasteiger partial charge in [0, 0.05) is 19.1 Å². The van der Waals surface area contributed by atoms with Crippen molar-refractivity contribution in [2.45, 2.75) is 25.4 Å². The lowest BCUT2D eigenvalue weighted by Crippen LogP contribution is -2.46. The maximum Gasteiger partial charge on any atom is 0.409 e. The fourth-order valence-electron chi connectivity index (χ4n) is 2.43. The number of rotatable bonds is 5. The fraction of sp³-hybridized carbons (Fsp3) is 0.917. The summed E-state index contributed by atoms with van der Waals surface area (Å²) in [6.45, 7) is 3.85. The molecule has 17 heavy (non-hydrogen) atoms. The number of hydrogen-bond acceptors (Lipinski definition) is 4. The molecule has 1 N–H and O–H groups in total. The van der Waals surface area contributed by atoms with Gasteiger partial charge >= 0.3 is 6.09 Å². The Morgan fingerprint density at radius 3 is 3.12 bits per heavy atom. The number of hydrogen-bond donors (Lipinski definition) is 1. The van der Waals surface area contributed by atoms with Gasteiger partial charge in [0.15, 0.2) is 0 Å². The van der Waals surface area contributed by atoms with Crippen LogP contribution in [-0.4, -0.2) is 57.0 Å². The minimum absolute atomic E-state index is 0.179. The Hall–Kier alpha value is -0.810. The highest BCUT2D eigenvalue weighted by molar-refractivity contribution is 5.68. The molecule has 0 aliphatic carbocycles. The summed E-state index contributed by atoms with van der Waals surface area (Å²) < 4.78 is 10.8. The largest absolute Gasteiger partial charge is 0.449 e. The smallest absolute Gasteiger partial charge is 0.409 e. The van der Waals surface area contributed by atoms with Crippen molar-refractivity contribution < 1.29 is 14.3 Å². The van der Waals surface area contributed by atoms with E-state index in [1.165, 1.54) is 0 Å². The van der Waals surface area contributed by atoms with E-state index >= 15 is 0 Å². The SMILES string of the molecule is CNCCC1COC(=O)N(CC2CCCO2)C1. The molecule has 2 saturated heterocycles. The van der Waals surface area contributed by atoms with Crippen molar-refractivity contribution >= 4 is 6.09 Å². The van der Waals surface area contributed by atoms with E-state index in [9.17, 15) is 4.79 Å². The molecule has 2 rings (SSSR count). The van der Waals surface area contributed by atoms with Gasteiger partial charge in [-0.15, -0.1) is 0 Å². The monoisotopic (exact) mass is 242 g/mol. The fourth-order valence-corrected chi connectivity index (χ4v) is 2.43. The summed E-state index contributed by atoms with van der Waals surface area (Å²) in [5.41, 5.74) is 0. The lowest BCUT2D eigenvalue weighted by Gasteiger charge is -2.33. The van der Waals surface area contributed by atoms with E-state index < -0.39 is 0 Å². The highest BCUT2D eigenvalue weighted by Crippen LogP contribution is 2.18. The van der Waals surface area contributed by atoms with Crippen LogP contribution >= 0.6 is 0 Å². The predicted octanol–water partition coefficient (Wildman–Crippen LogP) is 0.843. The number of carbonyl (C=O) groups is 1. The molecule has 2 unspecified atom stereocenters. The van der Waals surface area contributed by atoms with Gasteiger partial charge in [-0.1, -0.05) is 0 Å². The molecule has 5 heteroatoms. The minimum Gasteiger partial charge on any atom is -0.449 e. The molecule has 98 valence electrons. The first-order valence-electron chi connectivity index (χ1n) is 6.47. The number of carbonyl (C=O) groups excluding carboxylic acids is 1. The molecule has 0 aromatic rings. The van der Waals surface area contributed by atoms with Crippen LogP contribution in [-0.2, 0) is 9.47 Å². The highest BCUT2D eigenvalue weighted by Gasteiger charge is 2.29. The van der Waals surface area contributed by atoms with Gasteiger partial charge in [0.1, 0.15) is 0 Å². The third-order valence-corrected chi connectivity index (χ3v) is 3.43. The molecule has 2 aliphatic rings. The summed E-state index contributed by atoms with van der Waals surface area (Å²) in [4.78, 5) is 13.4. The zero-order chi connectivity index (χ0) is 12.1. The topological polar surface area (TPSA) is 50.8 Å². The molecule has 1 amide bonds. The van der Waals surface area contributed by atoms with Crippen LogP contribution in [0.5, 0.6) is 0 Å². The van der Waals surface area contributed by atoms with Gasteiger partial charge in [0.05, 0.1) is 19.3 Å². The van der Waals surface area contributed by atoms with Crippen LogP contribution in [0.4, 0.5) is 4.79 Å². The molecule has 2 atom stereocenters. The van der Waals surface area contributed by atoms with Crippen molar-refractivity contribution in [3.63, 3.8) is 0 Å². The average molecular weight is 242 g/mol. The Kier molecular flexibility index (Phi) is 4.62. The van der Waals surface area contributed by atoms with E-state index in [0.717, 1.165) is 39.0 Å². The van der Waals surface area contributed by atoms with Gasteiger partial charge in [0.2, 0.25) is 0 Å². The number of cyclic esters (lactones) is 1. The lowest BCUT2D eigenvalue weighted by atomic mass is 10.0. The van der Waals surface area contributed by atoms with Crippen LogP contribution in [0.25, 0.3) is 0 Å². The molecule has 0 bridgehead atoms. The Bertz CT molecular complexity index is 254. The number of ether oxygens (including phenoxy) is 2. The summed E-state index contributed by atoms with van der Waals surface area (Å²) in [7, 11) is 1.94. The summed E-state index contributed by atoms with van der Waals surface area (Å²) in [5, 5.41) is 3.13. The molecule has 0 aromatic carbocycles. The van der Waals surface area contributed by atoms with E-state index in [2.05, 4.69) is 5.32 Å². The first-order valence-corrected chi connectivity index (χ1v) is 6.47. The van der Waals surface area contributed by atoms with E-state index in [0.29, 0.717) is 19.1 Å². The first kappa shape index (κ1) is 12.6. The Morgan fingerprint density at radius 1 is 1.53 bits per heavy atom. The van der Waals surface area contributed by atoms with Gasteiger partial charge in [-0.25, -0.2) is 4.79 Å². The van der Waals surface area contributed by atoms with Crippen LogP contribution in [0, 0.1) is 5.92 Å². The average Bonchev–Trinajstić information content (AvgIpc) is 2.83. The number of amides is 1. The standard InChI is InChI=1S/C12H22N2O3/c1-13-5-4-10-7-14(12(15)17-9-10)8-11-3-2-6-16-11/h10-11,13H,2-9H2,1H3. The van der Waals surface area contributed by atoms with E-state index in [1.54, 1.807) is 4.90 Å². The first-order chi connectivity index (χ1) is 8.29. The summed E-state index contributed by atoms with van der Waals surface area (Å²) in [5.74, 6) is 0.446. The lowest BCUT2D eigenvalue weighted by molar-refractivity contribution is 0.0144. The van der Waals surface area contributed by atoms with Crippen LogP contribution in [0.1, 0.15) is 19.3 Å². The second-order valence-electron chi connectivity index (χ2n) is 4.88. The van der Waals surface area contributed by atoms with E-state index in [-0.39, 0.29) is 12.2 Å². The van der Waals surface area contributed by atoms with Gasteiger partial charge in [-0.2, -0.15) is 0 Å². The second kappa shape index (κ2) is 6.21. The molecular formula is C12H22N2O3. The molecule has 0 radical (unpaired) electrons. The van der Waals surface area contributed by atoms with Crippen LogP contribution in [0.3, 0.4) is 0 Å². The highest BCUT2D eigenvalue weighted by atomic mass is 16.6. The van der Waals surface area contributed by atoms with Crippen molar-refractivity contribution in [3.8, 4) is 0 Å². The van der Waals surface area contributed by atoms with Gasteiger partial charge in [0.25, 0.3) is 0 Å². The predicted molar refractivity (Wildman–Crippen MR) is 63.9 cm³/mol. The third kappa shape index (κ3) is 3.57. The maximum atomic E-state index is 11.6. The second-order valence-corrected chi connectivity index (χ2v) is 4.88. The van der Waals surface area contributed by atoms with Crippen LogP contribution in [0.2, 0.25) is 0 Å². The van der Waals surface area contributed by atoms with Crippen molar-refractivity contribution in [1.82, 2.24) is 10.2 Å². The Labute approximate surface area is 102 Å². The number of nitrogens with one attached hydrogen (secondary N) is 1. The van der Waals surface area contributed by atoms with E-state index in [4.69, 9.17) is 9.47 Å². The van der Waals surface area contributed by atoms with Crippen molar-refractivity contribution in [2.24, 2.45) is 5.92 Å². The molecule has 2 heterocycles. The summed E-state index contributed by atoms with van der Waals surface area (Å²) >= 11 is 0. The summed E-state index contributed by atoms with van der Waals surface area (Å²) in [6.07, 6.45) is 3.25. The zero-order valence-electron chi connectivity index (χ0n) is 10.5. The van der Waals surface area contributed by atoms with Gasteiger partial charge < -0.3 is 19.7 Å². The molecule has 5 nitrogen and oxygen atoms in total.